The molecule has 1 atom stereocenters. The predicted octanol–water partition coefficient (Wildman–Crippen LogP) is 5.41. The van der Waals surface area contributed by atoms with Gasteiger partial charge in [-0.2, -0.15) is 5.26 Å². The van der Waals surface area contributed by atoms with Crippen molar-refractivity contribution in [1.29, 1.82) is 5.26 Å². The number of nitrogens with two attached hydrogens (primary N) is 1. The second kappa shape index (κ2) is 8.78. The lowest BCUT2D eigenvalue weighted by molar-refractivity contribution is -0.116. The minimum absolute atomic E-state index is 0.0574. The Balaban J connectivity index is 1.80. The van der Waals surface area contributed by atoms with Crippen molar-refractivity contribution in [3.63, 3.8) is 0 Å². The summed E-state index contributed by atoms with van der Waals surface area (Å²) in [7, 11) is 1.82. The highest BCUT2D eigenvalue weighted by Gasteiger charge is 2.39. The van der Waals surface area contributed by atoms with Gasteiger partial charge in [0.05, 0.1) is 17.6 Å². The van der Waals surface area contributed by atoms with Crippen LogP contribution in [0.5, 0.6) is 5.75 Å². The van der Waals surface area contributed by atoms with Crippen molar-refractivity contribution in [3.8, 4) is 11.8 Å². The summed E-state index contributed by atoms with van der Waals surface area (Å²) in [5.74, 6) is 0.492. The van der Waals surface area contributed by atoms with Crippen LogP contribution < -0.4 is 10.5 Å². The Morgan fingerprint density at radius 3 is 2.71 bits per heavy atom. The minimum Gasteiger partial charge on any atom is -0.489 e. The maximum absolute atomic E-state index is 13.0. The fraction of sp³-hybridized carbons (Fsp3) is 0.250. The average Bonchev–Trinajstić information content (AvgIpc) is 2.76. The quantitative estimate of drug-likeness (QED) is 0.609. The zero-order valence-electron chi connectivity index (χ0n) is 17.0. The summed E-state index contributed by atoms with van der Waals surface area (Å²) in [5.41, 5.74) is 9.97. The summed E-state index contributed by atoms with van der Waals surface area (Å²) in [6.45, 7) is 0.333. The number of nitrogens with zero attached hydrogens (tertiary/aromatic N) is 2. The van der Waals surface area contributed by atoms with E-state index in [0.717, 1.165) is 34.1 Å². The second-order valence-corrected chi connectivity index (χ2v) is 8.99. The number of hydrogen-bond acceptors (Lipinski definition) is 5. The number of Topliss-reactive ketones (excluding diaryl/α,β-unsaturated/α-hetero) is 1. The number of carbonyl (C=O) groups is 1. The lowest BCUT2D eigenvalue weighted by atomic mass is 9.75. The van der Waals surface area contributed by atoms with Gasteiger partial charge in [-0.25, -0.2) is 0 Å². The highest BCUT2D eigenvalue weighted by atomic mass is 79.9. The number of carbonyl (C=O) groups excluding carboxylic acids is 1. The predicted molar refractivity (Wildman–Crippen MR) is 123 cm³/mol. The Bertz CT molecular complexity index is 1150. The SMILES string of the molecule is CN1C(N)=C(C#N)[C@H](c2cc(Br)ccc2OCc2ccc(Cl)cc2)C2=C1CCCC2=O. The molecule has 2 aromatic rings. The molecule has 158 valence electrons. The Kier molecular flexibility index (Phi) is 6.08. The normalized spacial score (nSPS) is 18.7. The zero-order valence-corrected chi connectivity index (χ0v) is 19.3. The van der Waals surface area contributed by atoms with E-state index < -0.39 is 5.92 Å². The van der Waals surface area contributed by atoms with Crippen molar-refractivity contribution >= 4 is 33.3 Å². The number of rotatable bonds is 4. The van der Waals surface area contributed by atoms with Crippen LogP contribution in [0.25, 0.3) is 0 Å². The molecule has 0 bridgehead atoms. The number of halogens is 2. The standard InChI is InChI=1S/C24H21BrClN3O2/c1-29-19-3-2-4-20(30)23(19)22(18(12-27)24(29)28)17-11-15(25)7-10-21(17)31-13-14-5-8-16(26)9-6-14/h5-11,22H,2-4,13,28H2,1H3/t22-/m0/s1. The Morgan fingerprint density at radius 2 is 2.00 bits per heavy atom. The first-order valence-corrected chi connectivity index (χ1v) is 11.1. The number of allylic oxidation sites excluding steroid dienone is 3. The van der Waals surface area contributed by atoms with E-state index in [1.807, 2.05) is 49.5 Å². The fourth-order valence-corrected chi connectivity index (χ4v) is 4.70. The van der Waals surface area contributed by atoms with E-state index >= 15 is 0 Å². The molecule has 2 N–H and O–H groups in total. The fourth-order valence-electron chi connectivity index (χ4n) is 4.19. The van der Waals surface area contributed by atoms with Crippen molar-refractivity contribution in [1.82, 2.24) is 4.90 Å². The van der Waals surface area contributed by atoms with Gasteiger partial charge in [0.15, 0.2) is 5.78 Å². The molecule has 0 fully saturated rings. The maximum atomic E-state index is 13.0. The molecule has 0 unspecified atom stereocenters. The zero-order chi connectivity index (χ0) is 22.1. The van der Waals surface area contributed by atoms with Gasteiger partial charge < -0.3 is 15.4 Å². The summed E-state index contributed by atoms with van der Waals surface area (Å²) >= 11 is 9.50. The third-order valence-electron chi connectivity index (χ3n) is 5.76. The lowest BCUT2D eigenvalue weighted by Gasteiger charge is -2.38. The third kappa shape index (κ3) is 4.08. The number of ketones is 1. The van der Waals surface area contributed by atoms with Crippen LogP contribution in [-0.4, -0.2) is 17.7 Å². The van der Waals surface area contributed by atoms with Crippen LogP contribution >= 0.6 is 27.5 Å². The lowest BCUT2D eigenvalue weighted by Crippen LogP contribution is -2.36. The minimum atomic E-state index is -0.554. The van der Waals surface area contributed by atoms with Gasteiger partial charge in [0.1, 0.15) is 18.2 Å². The van der Waals surface area contributed by atoms with Gasteiger partial charge in [-0.3, -0.25) is 4.79 Å². The molecule has 4 rings (SSSR count). The highest BCUT2D eigenvalue weighted by molar-refractivity contribution is 9.10. The van der Waals surface area contributed by atoms with Gasteiger partial charge in [-0.1, -0.05) is 39.7 Å². The second-order valence-electron chi connectivity index (χ2n) is 7.64. The molecule has 7 heteroatoms. The van der Waals surface area contributed by atoms with Crippen LogP contribution in [0.4, 0.5) is 0 Å². The van der Waals surface area contributed by atoms with Gasteiger partial charge in [0.2, 0.25) is 0 Å². The van der Waals surface area contributed by atoms with Gasteiger partial charge in [-0.05, 0) is 48.7 Å². The topological polar surface area (TPSA) is 79.3 Å². The van der Waals surface area contributed by atoms with Crippen LogP contribution in [0.2, 0.25) is 5.02 Å². The van der Waals surface area contributed by atoms with Crippen LogP contribution in [0.1, 0.15) is 36.3 Å². The Hall–Kier alpha value is -2.75. The third-order valence-corrected chi connectivity index (χ3v) is 6.50. The van der Waals surface area contributed by atoms with Crippen LogP contribution in [-0.2, 0) is 11.4 Å². The molecule has 0 saturated carbocycles. The molecule has 0 amide bonds. The van der Waals surface area contributed by atoms with Crippen molar-refractivity contribution in [2.24, 2.45) is 5.73 Å². The van der Waals surface area contributed by atoms with Gasteiger partial charge in [0, 0.05) is 39.8 Å². The summed E-state index contributed by atoms with van der Waals surface area (Å²) < 4.78 is 6.99. The van der Waals surface area contributed by atoms with Crippen LogP contribution in [0, 0.1) is 11.3 Å². The molecule has 0 saturated heterocycles. The van der Waals surface area contributed by atoms with E-state index in [1.54, 1.807) is 4.90 Å². The molecule has 0 radical (unpaired) electrons. The largest absolute Gasteiger partial charge is 0.489 e. The van der Waals surface area contributed by atoms with Gasteiger partial charge in [0.25, 0.3) is 0 Å². The Morgan fingerprint density at radius 1 is 1.26 bits per heavy atom. The van der Waals surface area contributed by atoms with Crippen molar-refractivity contribution in [2.75, 3.05) is 7.05 Å². The summed E-state index contributed by atoms with van der Waals surface area (Å²) in [6.07, 6.45) is 2.00. The van der Waals surface area contributed by atoms with E-state index in [4.69, 9.17) is 22.1 Å². The van der Waals surface area contributed by atoms with E-state index in [1.165, 1.54) is 0 Å². The number of hydrogen-bond donors (Lipinski definition) is 1. The smallest absolute Gasteiger partial charge is 0.161 e. The van der Waals surface area contributed by atoms with Gasteiger partial charge in [-0.15, -0.1) is 0 Å². The van der Waals surface area contributed by atoms with E-state index in [9.17, 15) is 10.1 Å². The molecule has 5 nitrogen and oxygen atoms in total. The average molecular weight is 499 g/mol. The number of ether oxygens (including phenoxy) is 1. The first-order chi connectivity index (χ1) is 14.9. The molecule has 2 aromatic carbocycles. The van der Waals surface area contributed by atoms with E-state index in [2.05, 4.69) is 22.0 Å². The van der Waals surface area contributed by atoms with E-state index in [-0.39, 0.29) is 5.78 Å². The summed E-state index contributed by atoms with van der Waals surface area (Å²) in [5, 5.41) is 10.6. The number of benzene rings is 2. The maximum Gasteiger partial charge on any atom is 0.161 e. The molecule has 1 aliphatic carbocycles. The van der Waals surface area contributed by atoms with Crippen LogP contribution in [0.15, 0.2) is 69.6 Å². The van der Waals surface area contributed by atoms with Crippen molar-refractivity contribution in [3.05, 3.63) is 85.8 Å². The molecule has 2 aliphatic rings. The summed E-state index contributed by atoms with van der Waals surface area (Å²) in [4.78, 5) is 14.8. The first kappa shape index (κ1) is 21.5. The van der Waals surface area contributed by atoms with Crippen molar-refractivity contribution < 1.29 is 9.53 Å². The van der Waals surface area contributed by atoms with Crippen LogP contribution in [0.3, 0.4) is 0 Å². The molecular formula is C24H21BrClN3O2. The summed E-state index contributed by atoms with van der Waals surface area (Å²) in [6, 6.07) is 15.3. The molecule has 1 aliphatic heterocycles. The van der Waals surface area contributed by atoms with Crippen molar-refractivity contribution in [2.45, 2.75) is 31.8 Å². The molecule has 31 heavy (non-hydrogen) atoms. The number of nitriles is 1. The first-order valence-electron chi connectivity index (χ1n) is 9.97. The van der Waals surface area contributed by atoms with Gasteiger partial charge >= 0.3 is 0 Å². The molecule has 1 heterocycles. The Labute approximate surface area is 194 Å². The van der Waals surface area contributed by atoms with E-state index in [0.29, 0.717) is 40.8 Å². The molecule has 0 aromatic heterocycles. The molecular weight excluding hydrogens is 478 g/mol. The molecule has 0 spiro atoms. The highest BCUT2D eigenvalue weighted by Crippen LogP contribution is 2.47. The monoisotopic (exact) mass is 497 g/mol.